The Kier molecular flexibility index (Phi) is 3.57. The topological polar surface area (TPSA) is 83.5 Å². The number of carbonyl (C=O) groups is 1. The largest absolute Gasteiger partial charge is 0.508 e. The number of hydrogen-bond acceptors (Lipinski definition) is 3. The Bertz CT molecular complexity index is 482. The third kappa shape index (κ3) is 2.34. The number of aromatic hydroxyl groups is 1. The molecule has 1 unspecified atom stereocenters. The fourth-order valence-electron chi connectivity index (χ4n) is 2.74. The second kappa shape index (κ2) is 4.98. The molecule has 4 N–H and O–H groups in total. The van der Waals surface area contributed by atoms with Gasteiger partial charge in [0.1, 0.15) is 11.8 Å². The molecule has 98 valence electrons. The Morgan fingerprint density at radius 2 is 2.00 bits per heavy atom. The monoisotopic (exact) mass is 249 g/mol. The summed E-state index contributed by atoms with van der Waals surface area (Å²) >= 11 is 0. The van der Waals surface area contributed by atoms with Crippen molar-refractivity contribution in [1.29, 1.82) is 0 Å². The van der Waals surface area contributed by atoms with Gasteiger partial charge in [-0.25, -0.2) is 0 Å². The molecule has 0 radical (unpaired) electrons. The molecule has 0 amide bonds. The van der Waals surface area contributed by atoms with Crippen LogP contribution in [0.3, 0.4) is 0 Å². The van der Waals surface area contributed by atoms with Gasteiger partial charge in [-0.05, 0) is 60.9 Å². The van der Waals surface area contributed by atoms with E-state index in [2.05, 4.69) is 0 Å². The summed E-state index contributed by atoms with van der Waals surface area (Å²) in [5.74, 6) is -0.843. The summed E-state index contributed by atoms with van der Waals surface area (Å²) < 4.78 is 0. The summed E-state index contributed by atoms with van der Waals surface area (Å²) in [5, 5.41) is 18.9. The van der Waals surface area contributed by atoms with Gasteiger partial charge >= 0.3 is 5.97 Å². The van der Waals surface area contributed by atoms with Gasteiger partial charge in [0.25, 0.3) is 0 Å². The third-order valence-corrected chi connectivity index (χ3v) is 3.71. The first kappa shape index (κ1) is 12.9. The van der Waals surface area contributed by atoms with E-state index in [1.54, 1.807) is 6.07 Å². The first-order valence-corrected chi connectivity index (χ1v) is 6.32. The molecule has 1 aromatic rings. The van der Waals surface area contributed by atoms with Crippen molar-refractivity contribution >= 4 is 5.97 Å². The molecule has 0 spiro atoms. The van der Waals surface area contributed by atoms with Crippen LogP contribution in [-0.2, 0) is 24.1 Å². The van der Waals surface area contributed by atoms with Crippen LogP contribution >= 0.6 is 0 Å². The molecule has 0 saturated heterocycles. The molecule has 0 aliphatic heterocycles. The number of carboxylic acid groups (broad SMARTS) is 1. The standard InChI is InChI=1S/C14H19NO3/c1-8-6-13(16)11(7-12(15)14(17)18)10-5-3-2-4-9(8)10/h6,12,16H,2-5,7,15H2,1H3,(H,17,18). The molecule has 4 nitrogen and oxygen atoms in total. The quantitative estimate of drug-likeness (QED) is 0.758. The van der Waals surface area contributed by atoms with Crippen molar-refractivity contribution in [2.24, 2.45) is 5.73 Å². The molecular formula is C14H19NO3. The van der Waals surface area contributed by atoms with Crippen LogP contribution in [0.25, 0.3) is 0 Å². The van der Waals surface area contributed by atoms with Crippen LogP contribution in [0.5, 0.6) is 5.75 Å². The van der Waals surface area contributed by atoms with E-state index >= 15 is 0 Å². The maximum atomic E-state index is 10.8. The third-order valence-electron chi connectivity index (χ3n) is 3.71. The predicted octanol–water partition coefficient (Wildman–Crippen LogP) is 1.53. The highest BCUT2D eigenvalue weighted by Crippen LogP contribution is 2.33. The molecule has 0 bridgehead atoms. The van der Waals surface area contributed by atoms with E-state index in [0.29, 0.717) is 0 Å². The second-order valence-corrected chi connectivity index (χ2v) is 5.00. The van der Waals surface area contributed by atoms with Gasteiger partial charge in [-0.15, -0.1) is 0 Å². The molecule has 1 aliphatic carbocycles. The van der Waals surface area contributed by atoms with Gasteiger partial charge in [0.15, 0.2) is 0 Å². The van der Waals surface area contributed by atoms with Gasteiger partial charge in [-0.2, -0.15) is 0 Å². The number of hydrogen-bond donors (Lipinski definition) is 3. The van der Waals surface area contributed by atoms with Crippen LogP contribution in [0.2, 0.25) is 0 Å². The van der Waals surface area contributed by atoms with Crippen LogP contribution in [0.4, 0.5) is 0 Å². The lowest BCUT2D eigenvalue weighted by atomic mass is 9.83. The minimum absolute atomic E-state index is 0.185. The Morgan fingerprint density at radius 3 is 2.61 bits per heavy atom. The van der Waals surface area contributed by atoms with Crippen molar-refractivity contribution < 1.29 is 15.0 Å². The Hall–Kier alpha value is -1.55. The van der Waals surface area contributed by atoms with Crippen molar-refractivity contribution in [3.8, 4) is 5.75 Å². The molecule has 1 atom stereocenters. The number of nitrogens with two attached hydrogens (primary N) is 1. The second-order valence-electron chi connectivity index (χ2n) is 5.00. The molecule has 2 rings (SSSR count). The minimum atomic E-state index is -1.03. The van der Waals surface area contributed by atoms with Crippen molar-refractivity contribution in [2.45, 2.75) is 45.1 Å². The number of benzene rings is 1. The lowest BCUT2D eigenvalue weighted by molar-refractivity contribution is -0.138. The smallest absolute Gasteiger partial charge is 0.320 e. The van der Waals surface area contributed by atoms with E-state index in [0.717, 1.165) is 42.4 Å². The van der Waals surface area contributed by atoms with Crippen LogP contribution in [0, 0.1) is 6.92 Å². The van der Waals surface area contributed by atoms with E-state index in [1.807, 2.05) is 6.92 Å². The zero-order valence-corrected chi connectivity index (χ0v) is 10.6. The van der Waals surface area contributed by atoms with Gasteiger partial charge in [0.2, 0.25) is 0 Å². The van der Waals surface area contributed by atoms with E-state index in [1.165, 1.54) is 5.56 Å². The zero-order chi connectivity index (χ0) is 13.3. The van der Waals surface area contributed by atoms with E-state index in [4.69, 9.17) is 10.8 Å². The summed E-state index contributed by atoms with van der Waals surface area (Å²) in [4.78, 5) is 10.8. The summed E-state index contributed by atoms with van der Waals surface area (Å²) in [6, 6.07) is 0.776. The maximum Gasteiger partial charge on any atom is 0.320 e. The van der Waals surface area contributed by atoms with Gasteiger partial charge in [0, 0.05) is 6.42 Å². The predicted molar refractivity (Wildman–Crippen MR) is 68.8 cm³/mol. The van der Waals surface area contributed by atoms with Gasteiger partial charge in [-0.1, -0.05) is 0 Å². The molecule has 18 heavy (non-hydrogen) atoms. The first-order valence-electron chi connectivity index (χ1n) is 6.32. The van der Waals surface area contributed by atoms with Crippen molar-refractivity contribution in [3.63, 3.8) is 0 Å². The maximum absolute atomic E-state index is 10.8. The van der Waals surface area contributed by atoms with E-state index in [-0.39, 0.29) is 12.2 Å². The van der Waals surface area contributed by atoms with Crippen molar-refractivity contribution in [1.82, 2.24) is 0 Å². The fourth-order valence-corrected chi connectivity index (χ4v) is 2.74. The van der Waals surface area contributed by atoms with Crippen LogP contribution < -0.4 is 5.73 Å². The van der Waals surface area contributed by atoms with Crippen molar-refractivity contribution in [3.05, 3.63) is 28.3 Å². The highest BCUT2D eigenvalue weighted by atomic mass is 16.4. The summed E-state index contributed by atoms with van der Waals surface area (Å²) in [6.07, 6.45) is 4.36. The van der Waals surface area contributed by atoms with Crippen LogP contribution in [0.1, 0.15) is 35.1 Å². The number of aliphatic carboxylic acids is 1. The summed E-state index contributed by atoms with van der Waals surface area (Å²) in [7, 11) is 0. The molecule has 0 saturated carbocycles. The lowest BCUT2D eigenvalue weighted by Gasteiger charge is -2.23. The van der Waals surface area contributed by atoms with Gasteiger partial charge < -0.3 is 15.9 Å². The highest BCUT2D eigenvalue weighted by molar-refractivity contribution is 5.74. The average Bonchev–Trinajstić information content (AvgIpc) is 2.34. The Labute approximate surface area is 106 Å². The molecule has 0 heterocycles. The summed E-state index contributed by atoms with van der Waals surface area (Å²) in [5.41, 5.74) is 9.79. The summed E-state index contributed by atoms with van der Waals surface area (Å²) in [6.45, 7) is 1.99. The van der Waals surface area contributed by atoms with Crippen molar-refractivity contribution in [2.75, 3.05) is 0 Å². The van der Waals surface area contributed by atoms with E-state index in [9.17, 15) is 9.90 Å². The average molecular weight is 249 g/mol. The number of phenolic OH excluding ortho intramolecular Hbond substituents is 1. The molecule has 4 heteroatoms. The molecule has 1 aromatic carbocycles. The minimum Gasteiger partial charge on any atom is -0.508 e. The highest BCUT2D eigenvalue weighted by Gasteiger charge is 2.22. The SMILES string of the molecule is Cc1cc(O)c(CC(N)C(=O)O)c2c1CCCC2. The number of rotatable bonds is 3. The molecule has 0 aromatic heterocycles. The van der Waals surface area contributed by atoms with Crippen LogP contribution in [-0.4, -0.2) is 22.2 Å². The zero-order valence-electron chi connectivity index (χ0n) is 10.6. The lowest BCUT2D eigenvalue weighted by Crippen LogP contribution is -2.33. The number of phenols is 1. The van der Waals surface area contributed by atoms with Crippen LogP contribution in [0.15, 0.2) is 6.07 Å². The normalized spacial score (nSPS) is 16.1. The molecule has 0 fully saturated rings. The Balaban J connectivity index is 2.43. The van der Waals surface area contributed by atoms with Gasteiger partial charge in [0.05, 0.1) is 0 Å². The molecule has 1 aliphatic rings. The fraction of sp³-hybridized carbons (Fsp3) is 0.500. The Morgan fingerprint density at radius 1 is 1.39 bits per heavy atom. The molecular weight excluding hydrogens is 230 g/mol. The number of carboxylic acids is 1. The van der Waals surface area contributed by atoms with E-state index < -0.39 is 12.0 Å². The number of aryl methyl sites for hydroxylation is 1. The first-order chi connectivity index (χ1) is 8.50. The van der Waals surface area contributed by atoms with Gasteiger partial charge in [-0.3, -0.25) is 4.79 Å². The number of fused-ring (bicyclic) bond motifs is 1.